The molecule has 0 aromatic carbocycles. The molecule has 1 heteroatoms. The van der Waals surface area contributed by atoms with Crippen LogP contribution in [0.1, 0.15) is 143 Å². The van der Waals surface area contributed by atoms with Crippen molar-refractivity contribution >= 4 is 11.6 Å². The highest BCUT2D eigenvalue weighted by Crippen LogP contribution is 2.39. The van der Waals surface area contributed by atoms with Crippen LogP contribution in [-0.4, -0.2) is 4.87 Å². The minimum Gasteiger partial charge on any atom is -0.119 e. The maximum absolute atomic E-state index is 7.26. The van der Waals surface area contributed by atoms with Crippen LogP contribution < -0.4 is 0 Å². The molecule has 0 aromatic heterocycles. The number of hydrogen-bond donors (Lipinski definition) is 0. The molecule has 0 saturated heterocycles. The van der Waals surface area contributed by atoms with Gasteiger partial charge in [0.1, 0.15) is 0 Å². The Bertz CT molecular complexity index is 247. The smallest absolute Gasteiger partial charge is 0.0472 e. The van der Waals surface area contributed by atoms with Crippen LogP contribution in [0.15, 0.2) is 0 Å². The fourth-order valence-electron chi connectivity index (χ4n) is 3.98. The van der Waals surface area contributed by atoms with Gasteiger partial charge >= 0.3 is 0 Å². The van der Waals surface area contributed by atoms with E-state index < -0.39 is 0 Å². The molecule has 1 unspecified atom stereocenters. The molecule has 1 atom stereocenters. The lowest BCUT2D eigenvalue weighted by Gasteiger charge is -2.34. The molecule has 0 N–H and O–H groups in total. The second kappa shape index (κ2) is 17.7. The summed E-state index contributed by atoms with van der Waals surface area (Å²) in [5.74, 6) is 0.674. The molecule has 0 aliphatic heterocycles. The van der Waals surface area contributed by atoms with Gasteiger partial charge in [-0.1, -0.05) is 124 Å². The van der Waals surface area contributed by atoms with Crippen LogP contribution in [0, 0.1) is 5.92 Å². The molecule has 0 aliphatic carbocycles. The molecule has 0 rings (SSSR count). The molecule has 0 heterocycles. The van der Waals surface area contributed by atoms with Crippen LogP contribution in [0.3, 0.4) is 0 Å². The third-order valence-corrected chi connectivity index (χ3v) is 6.77. The molecule has 0 saturated carbocycles. The predicted octanol–water partition coefficient (Wildman–Crippen LogP) is 9.68. The van der Waals surface area contributed by atoms with E-state index in [1.165, 1.54) is 116 Å². The first kappa shape index (κ1) is 25.3. The molecule has 0 fully saturated rings. The summed E-state index contributed by atoms with van der Waals surface area (Å²) in [6.45, 7) is 9.32. The molecular formula is C24H49Cl. The van der Waals surface area contributed by atoms with Crippen LogP contribution >= 0.6 is 11.6 Å². The van der Waals surface area contributed by atoms with E-state index in [2.05, 4.69) is 27.7 Å². The average Bonchev–Trinajstić information content (AvgIpc) is 2.61. The first-order valence-electron chi connectivity index (χ1n) is 11.8. The lowest BCUT2D eigenvalue weighted by atomic mass is 9.81. The highest BCUT2D eigenvalue weighted by atomic mass is 35.5. The van der Waals surface area contributed by atoms with Crippen LogP contribution in [-0.2, 0) is 0 Å². The minimum atomic E-state index is 0.0726. The Balaban J connectivity index is 4.26. The third kappa shape index (κ3) is 14.1. The lowest BCUT2D eigenvalue weighted by molar-refractivity contribution is 0.304. The standard InChI is InChI=1S/C24H49Cl/c1-5-8-11-14-17-20-23(4)24(25,21-18-15-12-9-6-2)22-19-16-13-10-7-3/h23H,5-22H2,1-4H3. The van der Waals surface area contributed by atoms with Crippen molar-refractivity contribution in [3.05, 3.63) is 0 Å². The maximum atomic E-state index is 7.26. The number of halogens is 1. The largest absolute Gasteiger partial charge is 0.119 e. The molecule has 0 aliphatic rings. The van der Waals surface area contributed by atoms with Gasteiger partial charge < -0.3 is 0 Å². The second-order valence-corrected chi connectivity index (χ2v) is 9.22. The fraction of sp³-hybridized carbons (Fsp3) is 1.00. The predicted molar refractivity (Wildman–Crippen MR) is 118 cm³/mol. The lowest BCUT2D eigenvalue weighted by Crippen LogP contribution is -2.30. The SMILES string of the molecule is CCCCCCCC(C)C(Cl)(CCCCCCC)CCCCCCC. The summed E-state index contributed by atoms with van der Waals surface area (Å²) >= 11 is 7.26. The molecule has 0 radical (unpaired) electrons. The fourth-order valence-corrected chi connectivity index (χ4v) is 4.35. The van der Waals surface area contributed by atoms with Gasteiger partial charge in [-0.25, -0.2) is 0 Å². The molecule has 0 nitrogen and oxygen atoms in total. The summed E-state index contributed by atoms with van der Waals surface area (Å²) < 4.78 is 0. The quantitative estimate of drug-likeness (QED) is 0.156. The van der Waals surface area contributed by atoms with E-state index in [-0.39, 0.29) is 4.87 Å². The molecule has 0 amide bonds. The second-order valence-electron chi connectivity index (χ2n) is 8.47. The maximum Gasteiger partial charge on any atom is 0.0472 e. The van der Waals surface area contributed by atoms with Gasteiger partial charge in [0.05, 0.1) is 0 Å². The molecule has 152 valence electrons. The van der Waals surface area contributed by atoms with Crippen molar-refractivity contribution in [2.75, 3.05) is 0 Å². The summed E-state index contributed by atoms with van der Waals surface area (Å²) in [5, 5.41) is 0. The highest BCUT2D eigenvalue weighted by molar-refractivity contribution is 6.24. The zero-order valence-corrected chi connectivity index (χ0v) is 18.9. The Kier molecular flexibility index (Phi) is 17.9. The van der Waals surface area contributed by atoms with E-state index >= 15 is 0 Å². The topological polar surface area (TPSA) is 0 Å². The molecular weight excluding hydrogens is 324 g/mol. The van der Waals surface area contributed by atoms with Crippen molar-refractivity contribution in [2.45, 2.75) is 148 Å². The van der Waals surface area contributed by atoms with Crippen molar-refractivity contribution < 1.29 is 0 Å². The van der Waals surface area contributed by atoms with Gasteiger partial charge in [0.2, 0.25) is 0 Å². The van der Waals surface area contributed by atoms with Gasteiger partial charge in [-0.15, -0.1) is 11.6 Å². The van der Waals surface area contributed by atoms with Gasteiger partial charge in [0.25, 0.3) is 0 Å². The third-order valence-electron chi connectivity index (χ3n) is 6.02. The molecule has 0 aromatic rings. The van der Waals surface area contributed by atoms with Crippen molar-refractivity contribution in [3.63, 3.8) is 0 Å². The van der Waals surface area contributed by atoms with Crippen molar-refractivity contribution in [2.24, 2.45) is 5.92 Å². The van der Waals surface area contributed by atoms with Crippen molar-refractivity contribution in [1.29, 1.82) is 0 Å². The highest BCUT2D eigenvalue weighted by Gasteiger charge is 2.32. The van der Waals surface area contributed by atoms with E-state index in [0.29, 0.717) is 5.92 Å². The zero-order valence-electron chi connectivity index (χ0n) is 18.2. The van der Waals surface area contributed by atoms with Crippen LogP contribution in [0.4, 0.5) is 0 Å². The molecule has 0 spiro atoms. The van der Waals surface area contributed by atoms with Crippen molar-refractivity contribution in [1.82, 2.24) is 0 Å². The van der Waals surface area contributed by atoms with Crippen LogP contribution in [0.2, 0.25) is 0 Å². The Morgan fingerprint density at radius 1 is 0.560 bits per heavy atom. The Morgan fingerprint density at radius 2 is 0.920 bits per heavy atom. The number of unbranched alkanes of at least 4 members (excludes halogenated alkanes) is 12. The number of hydrogen-bond acceptors (Lipinski definition) is 0. The van der Waals surface area contributed by atoms with Gasteiger partial charge in [-0.3, -0.25) is 0 Å². The van der Waals surface area contributed by atoms with Crippen LogP contribution in [0.25, 0.3) is 0 Å². The van der Waals surface area contributed by atoms with Gasteiger partial charge in [0.15, 0.2) is 0 Å². The molecule has 0 bridgehead atoms. The Labute approximate surface area is 165 Å². The normalized spacial score (nSPS) is 13.3. The van der Waals surface area contributed by atoms with E-state index in [1.807, 2.05) is 0 Å². The summed E-state index contributed by atoms with van der Waals surface area (Å²) in [7, 11) is 0. The zero-order chi connectivity index (χ0) is 18.8. The van der Waals surface area contributed by atoms with E-state index in [4.69, 9.17) is 11.6 Å². The van der Waals surface area contributed by atoms with Crippen molar-refractivity contribution in [3.8, 4) is 0 Å². The molecule has 25 heavy (non-hydrogen) atoms. The Hall–Kier alpha value is 0.290. The Morgan fingerprint density at radius 3 is 1.32 bits per heavy atom. The van der Waals surface area contributed by atoms with Gasteiger partial charge in [-0.05, 0) is 25.2 Å². The van der Waals surface area contributed by atoms with Gasteiger partial charge in [-0.2, -0.15) is 0 Å². The van der Waals surface area contributed by atoms with Gasteiger partial charge in [0, 0.05) is 4.87 Å². The summed E-state index contributed by atoms with van der Waals surface area (Å²) in [6, 6.07) is 0. The van der Waals surface area contributed by atoms with E-state index in [0.717, 1.165) is 0 Å². The van der Waals surface area contributed by atoms with E-state index in [1.54, 1.807) is 0 Å². The summed E-state index contributed by atoms with van der Waals surface area (Å²) in [4.78, 5) is 0.0726. The average molecular weight is 373 g/mol. The van der Waals surface area contributed by atoms with E-state index in [9.17, 15) is 0 Å². The monoisotopic (exact) mass is 372 g/mol. The number of rotatable bonds is 19. The summed E-state index contributed by atoms with van der Waals surface area (Å²) in [6.07, 6.45) is 24.4. The minimum absolute atomic E-state index is 0.0726. The number of alkyl halides is 1. The van der Waals surface area contributed by atoms with Crippen LogP contribution in [0.5, 0.6) is 0 Å². The first-order chi connectivity index (χ1) is 12.1. The first-order valence-corrected chi connectivity index (χ1v) is 12.2. The summed E-state index contributed by atoms with van der Waals surface area (Å²) in [5.41, 5.74) is 0.